The fraction of sp³-hybridized carbons (Fsp3) is 0.296. The summed E-state index contributed by atoms with van der Waals surface area (Å²) >= 11 is 1.98. The van der Waals surface area contributed by atoms with Gasteiger partial charge in [0.1, 0.15) is 0 Å². The van der Waals surface area contributed by atoms with E-state index in [1.165, 1.54) is 49.0 Å². The van der Waals surface area contributed by atoms with Gasteiger partial charge in [0.15, 0.2) is 0 Å². The zero-order chi connectivity index (χ0) is 20.3. The zero-order valence-corrected chi connectivity index (χ0v) is 18.0. The minimum absolute atomic E-state index is 0.0306. The minimum Gasteiger partial charge on any atom is -0.321 e. The van der Waals surface area contributed by atoms with Gasteiger partial charge in [0, 0.05) is 27.0 Å². The third-order valence-corrected chi connectivity index (χ3v) is 7.43. The van der Waals surface area contributed by atoms with E-state index in [0.29, 0.717) is 5.92 Å². The zero-order valence-electron chi connectivity index (χ0n) is 17.1. The predicted octanol–water partition coefficient (Wildman–Crippen LogP) is 6.92. The van der Waals surface area contributed by atoms with Gasteiger partial charge in [-0.25, -0.2) is 0 Å². The number of hydrogen-bond donors (Lipinski definition) is 1. The Kier molecular flexibility index (Phi) is 5.63. The van der Waals surface area contributed by atoms with Crippen LogP contribution in [0.15, 0.2) is 82.5 Å². The SMILES string of the molecule is O=c1[nH]c(/C(=C\C2CCCC2)c2ccc(SC3CC3)cc2)ccc1-c1ccccc1. The van der Waals surface area contributed by atoms with Crippen molar-refractivity contribution in [2.45, 2.75) is 48.7 Å². The Labute approximate surface area is 182 Å². The second kappa shape index (κ2) is 8.69. The number of H-pyrrole nitrogens is 1. The molecule has 2 aliphatic carbocycles. The average Bonchev–Trinajstić information content (AvgIpc) is 3.44. The molecule has 0 aliphatic heterocycles. The molecule has 0 amide bonds. The van der Waals surface area contributed by atoms with Crippen LogP contribution in [0.1, 0.15) is 49.8 Å². The van der Waals surface area contributed by atoms with E-state index >= 15 is 0 Å². The van der Waals surface area contributed by atoms with Gasteiger partial charge < -0.3 is 4.98 Å². The van der Waals surface area contributed by atoms with Crippen LogP contribution in [0.3, 0.4) is 0 Å². The van der Waals surface area contributed by atoms with Crippen LogP contribution < -0.4 is 5.56 Å². The summed E-state index contributed by atoms with van der Waals surface area (Å²) < 4.78 is 0. The number of hydrogen-bond acceptors (Lipinski definition) is 2. The Morgan fingerprint density at radius 1 is 0.867 bits per heavy atom. The molecule has 5 rings (SSSR count). The second-order valence-electron chi connectivity index (χ2n) is 8.45. The molecule has 2 saturated carbocycles. The van der Waals surface area contributed by atoms with E-state index in [1.807, 2.05) is 48.2 Å². The monoisotopic (exact) mass is 413 g/mol. The van der Waals surface area contributed by atoms with Gasteiger partial charge in [-0.1, -0.05) is 61.4 Å². The van der Waals surface area contributed by atoms with Crippen LogP contribution in [-0.2, 0) is 0 Å². The predicted molar refractivity (Wildman–Crippen MR) is 127 cm³/mol. The number of benzene rings is 2. The summed E-state index contributed by atoms with van der Waals surface area (Å²) in [6.45, 7) is 0. The fourth-order valence-electron chi connectivity index (χ4n) is 4.27. The molecule has 0 spiro atoms. The van der Waals surface area contributed by atoms with E-state index in [2.05, 4.69) is 41.4 Å². The molecule has 152 valence electrons. The van der Waals surface area contributed by atoms with Crippen molar-refractivity contribution in [2.24, 2.45) is 5.92 Å². The third kappa shape index (κ3) is 4.46. The summed E-state index contributed by atoms with van der Waals surface area (Å²) in [4.78, 5) is 17.4. The molecule has 0 saturated heterocycles. The molecule has 1 N–H and O–H groups in total. The summed E-state index contributed by atoms with van der Waals surface area (Å²) in [5.74, 6) is 0.595. The van der Waals surface area contributed by atoms with Crippen molar-refractivity contribution in [3.05, 3.63) is 94.4 Å². The Morgan fingerprint density at radius 2 is 1.60 bits per heavy atom. The highest BCUT2D eigenvalue weighted by molar-refractivity contribution is 8.00. The first kappa shape index (κ1) is 19.4. The first-order valence-electron chi connectivity index (χ1n) is 11.0. The maximum Gasteiger partial charge on any atom is 0.256 e. The van der Waals surface area contributed by atoms with Crippen LogP contribution in [0, 0.1) is 5.92 Å². The molecule has 3 heteroatoms. The van der Waals surface area contributed by atoms with E-state index in [-0.39, 0.29) is 5.56 Å². The molecule has 2 fully saturated rings. The molecule has 0 atom stereocenters. The van der Waals surface area contributed by atoms with Gasteiger partial charge >= 0.3 is 0 Å². The lowest BCUT2D eigenvalue weighted by molar-refractivity contribution is 0.687. The summed E-state index contributed by atoms with van der Waals surface area (Å²) in [5, 5.41) is 0.811. The number of allylic oxidation sites excluding steroid dienone is 1. The smallest absolute Gasteiger partial charge is 0.256 e. The van der Waals surface area contributed by atoms with Crippen molar-refractivity contribution in [1.82, 2.24) is 4.98 Å². The van der Waals surface area contributed by atoms with Crippen molar-refractivity contribution in [1.29, 1.82) is 0 Å². The van der Waals surface area contributed by atoms with E-state index in [4.69, 9.17) is 0 Å². The molecular weight excluding hydrogens is 386 g/mol. The Balaban J connectivity index is 1.50. The second-order valence-corrected chi connectivity index (χ2v) is 9.82. The van der Waals surface area contributed by atoms with Gasteiger partial charge in [0.25, 0.3) is 5.56 Å². The molecule has 1 aromatic heterocycles. The van der Waals surface area contributed by atoms with Crippen LogP contribution in [0.4, 0.5) is 0 Å². The summed E-state index contributed by atoms with van der Waals surface area (Å²) in [5.41, 5.74) is 4.89. The lowest BCUT2D eigenvalue weighted by atomic mass is 9.95. The number of aromatic amines is 1. The van der Waals surface area contributed by atoms with Crippen molar-refractivity contribution >= 4 is 17.3 Å². The number of rotatable bonds is 6. The van der Waals surface area contributed by atoms with Crippen LogP contribution >= 0.6 is 11.8 Å². The van der Waals surface area contributed by atoms with Gasteiger partial charge in [-0.3, -0.25) is 4.79 Å². The van der Waals surface area contributed by atoms with Crippen molar-refractivity contribution in [3.8, 4) is 11.1 Å². The number of thioether (sulfide) groups is 1. The summed E-state index contributed by atoms with van der Waals surface area (Å²) in [6, 6.07) is 22.8. The van der Waals surface area contributed by atoms with E-state index in [9.17, 15) is 4.79 Å². The normalized spacial score (nSPS) is 17.4. The van der Waals surface area contributed by atoms with Crippen molar-refractivity contribution < 1.29 is 0 Å². The summed E-state index contributed by atoms with van der Waals surface area (Å²) in [6.07, 6.45) is 10.2. The molecule has 0 unspecified atom stereocenters. The van der Waals surface area contributed by atoms with Crippen LogP contribution in [0.2, 0.25) is 0 Å². The first-order chi connectivity index (χ1) is 14.8. The van der Waals surface area contributed by atoms with Gasteiger partial charge in [-0.15, -0.1) is 11.8 Å². The Hall–Kier alpha value is -2.52. The van der Waals surface area contributed by atoms with Crippen molar-refractivity contribution in [2.75, 3.05) is 0 Å². The topological polar surface area (TPSA) is 32.9 Å². The molecule has 0 bridgehead atoms. The highest BCUT2D eigenvalue weighted by Crippen LogP contribution is 2.39. The first-order valence-corrected chi connectivity index (χ1v) is 11.9. The lowest BCUT2D eigenvalue weighted by Gasteiger charge is -2.13. The maximum atomic E-state index is 12.9. The highest BCUT2D eigenvalue weighted by atomic mass is 32.2. The maximum absolute atomic E-state index is 12.9. The van der Waals surface area contributed by atoms with Crippen LogP contribution in [0.5, 0.6) is 0 Å². The number of nitrogens with one attached hydrogen (secondary N) is 1. The lowest BCUT2D eigenvalue weighted by Crippen LogP contribution is -2.11. The molecule has 3 aromatic rings. The average molecular weight is 414 g/mol. The van der Waals surface area contributed by atoms with Gasteiger partial charge in [0.2, 0.25) is 0 Å². The van der Waals surface area contributed by atoms with Gasteiger partial charge in [-0.2, -0.15) is 0 Å². The third-order valence-electron chi connectivity index (χ3n) is 6.08. The van der Waals surface area contributed by atoms with Crippen LogP contribution in [-0.4, -0.2) is 10.2 Å². The molecule has 1 heterocycles. The number of pyridine rings is 1. The number of aromatic nitrogens is 1. The fourth-order valence-corrected chi connectivity index (χ4v) is 5.32. The van der Waals surface area contributed by atoms with E-state index in [1.54, 1.807) is 0 Å². The Morgan fingerprint density at radius 3 is 2.27 bits per heavy atom. The Bertz CT molecular complexity index is 1090. The highest BCUT2D eigenvalue weighted by Gasteiger charge is 2.22. The molecule has 0 radical (unpaired) electrons. The minimum atomic E-state index is -0.0306. The largest absolute Gasteiger partial charge is 0.321 e. The molecule has 2 aromatic carbocycles. The van der Waals surface area contributed by atoms with Crippen LogP contribution in [0.25, 0.3) is 16.7 Å². The van der Waals surface area contributed by atoms with E-state index in [0.717, 1.165) is 27.6 Å². The molecule has 2 nitrogen and oxygen atoms in total. The molecule has 2 aliphatic rings. The summed E-state index contributed by atoms with van der Waals surface area (Å²) in [7, 11) is 0. The van der Waals surface area contributed by atoms with E-state index < -0.39 is 0 Å². The molecule has 30 heavy (non-hydrogen) atoms. The quantitative estimate of drug-likeness (QED) is 0.476. The van der Waals surface area contributed by atoms with Crippen molar-refractivity contribution in [3.63, 3.8) is 0 Å². The van der Waals surface area contributed by atoms with Gasteiger partial charge in [0.05, 0.1) is 0 Å². The molecular formula is C27H27NOS. The van der Waals surface area contributed by atoms with Gasteiger partial charge in [-0.05, 0) is 67.0 Å². The standard InChI is InChI=1S/C27H27NOS/c29-27-24(20-8-2-1-3-9-20)16-17-26(28-27)25(18-19-6-4-5-7-19)21-10-12-22(13-11-21)30-23-14-15-23/h1-3,8-13,16-19,23H,4-7,14-15H2,(H,28,29)/b25-18-.